The van der Waals surface area contributed by atoms with Crippen molar-refractivity contribution in [3.05, 3.63) is 52.2 Å². The van der Waals surface area contributed by atoms with Crippen LogP contribution in [0, 0.1) is 0 Å². The van der Waals surface area contributed by atoms with Crippen molar-refractivity contribution in [2.75, 3.05) is 18.0 Å². The third-order valence-electron chi connectivity index (χ3n) is 5.80. The van der Waals surface area contributed by atoms with E-state index in [1.165, 1.54) is 35.1 Å². The van der Waals surface area contributed by atoms with E-state index in [2.05, 4.69) is 23.1 Å². The molecule has 1 saturated heterocycles. The second kappa shape index (κ2) is 7.64. The average molecular weight is 392 g/mol. The third kappa shape index (κ3) is 3.45. The van der Waals surface area contributed by atoms with Crippen molar-refractivity contribution in [1.82, 2.24) is 9.97 Å². The molecule has 2 aliphatic rings. The van der Waals surface area contributed by atoms with Gasteiger partial charge in [-0.05, 0) is 55.7 Å². The Balaban J connectivity index is 1.59. The second-order valence-corrected chi connectivity index (χ2v) is 8.84. The Morgan fingerprint density at radius 3 is 2.61 bits per heavy atom. The molecule has 1 N–H and O–H groups in total. The molecule has 0 spiro atoms. The summed E-state index contributed by atoms with van der Waals surface area (Å²) >= 11 is 1.85. The number of fused-ring (bicyclic) bond motifs is 3. The molecule has 3 heterocycles. The molecule has 1 aliphatic heterocycles. The molecular weight excluding hydrogens is 366 g/mol. The van der Waals surface area contributed by atoms with E-state index in [1.54, 1.807) is 0 Å². The number of aromatic nitrogens is 2. The number of aliphatic hydroxyl groups excluding tert-OH is 1. The van der Waals surface area contributed by atoms with Crippen LogP contribution in [0.3, 0.4) is 0 Å². The summed E-state index contributed by atoms with van der Waals surface area (Å²) in [6, 6.07) is 10.3. The molecule has 1 aliphatic carbocycles. The summed E-state index contributed by atoms with van der Waals surface area (Å²) in [4.78, 5) is 14.9. The number of piperidine rings is 1. The highest BCUT2D eigenvalue weighted by Crippen LogP contribution is 2.40. The molecule has 28 heavy (non-hydrogen) atoms. The van der Waals surface area contributed by atoms with E-state index in [9.17, 15) is 5.11 Å². The van der Waals surface area contributed by atoms with E-state index in [-0.39, 0.29) is 6.10 Å². The Bertz CT molecular complexity index is 1000. The lowest BCUT2D eigenvalue weighted by Crippen LogP contribution is -2.36. The number of aliphatic hydroxyl groups is 1. The molecule has 1 aromatic carbocycles. The molecular formula is C23H25N3OS. The second-order valence-electron chi connectivity index (χ2n) is 7.76. The van der Waals surface area contributed by atoms with Gasteiger partial charge in [-0.1, -0.05) is 36.4 Å². The molecule has 0 atom stereocenters. The van der Waals surface area contributed by atoms with E-state index in [1.807, 2.05) is 35.6 Å². The molecule has 5 heteroatoms. The number of rotatable bonds is 3. The summed E-state index contributed by atoms with van der Waals surface area (Å²) in [5.41, 5.74) is 2.63. The summed E-state index contributed by atoms with van der Waals surface area (Å²) < 4.78 is 0. The maximum absolute atomic E-state index is 9.94. The standard InChI is InChI=1S/C23H25N3OS/c27-17-12-14-26(15-13-17)22-21-18-8-4-5-9-19(18)28-23(21)25-20(24-22)11-10-16-6-2-1-3-7-16/h1-3,6-7,10-11,17,27H,4-5,8-9,12-15H2/b11-10+. The lowest BCUT2D eigenvalue weighted by atomic mass is 9.96. The monoisotopic (exact) mass is 391 g/mol. The van der Waals surface area contributed by atoms with E-state index in [0.717, 1.165) is 54.4 Å². The molecule has 3 aromatic rings. The maximum atomic E-state index is 9.94. The number of hydrogen-bond acceptors (Lipinski definition) is 5. The van der Waals surface area contributed by atoms with E-state index in [4.69, 9.17) is 9.97 Å². The molecule has 5 rings (SSSR count). The van der Waals surface area contributed by atoms with Gasteiger partial charge in [-0.3, -0.25) is 0 Å². The molecule has 0 unspecified atom stereocenters. The van der Waals surface area contributed by atoms with Gasteiger partial charge in [0.15, 0.2) is 5.82 Å². The normalized spacial score (nSPS) is 18.1. The van der Waals surface area contributed by atoms with Crippen LogP contribution in [0.25, 0.3) is 22.4 Å². The van der Waals surface area contributed by atoms with Crippen molar-refractivity contribution >= 4 is 39.5 Å². The predicted octanol–water partition coefficient (Wildman–Crippen LogP) is 4.70. The van der Waals surface area contributed by atoms with E-state index < -0.39 is 0 Å². The van der Waals surface area contributed by atoms with Crippen molar-refractivity contribution in [3.8, 4) is 0 Å². The van der Waals surface area contributed by atoms with Gasteiger partial charge in [-0.2, -0.15) is 0 Å². The average Bonchev–Trinajstić information content (AvgIpc) is 3.11. The van der Waals surface area contributed by atoms with E-state index >= 15 is 0 Å². The molecule has 0 bridgehead atoms. The number of thiophene rings is 1. The van der Waals surface area contributed by atoms with Gasteiger partial charge in [0.1, 0.15) is 10.6 Å². The number of hydrogen-bond donors (Lipinski definition) is 1. The highest BCUT2D eigenvalue weighted by Gasteiger charge is 2.25. The van der Waals surface area contributed by atoms with Gasteiger partial charge in [0, 0.05) is 18.0 Å². The van der Waals surface area contributed by atoms with Gasteiger partial charge in [0.25, 0.3) is 0 Å². The first kappa shape index (κ1) is 17.8. The first-order chi connectivity index (χ1) is 13.8. The maximum Gasteiger partial charge on any atom is 0.155 e. The fourth-order valence-electron chi connectivity index (χ4n) is 4.27. The zero-order valence-electron chi connectivity index (χ0n) is 16.0. The number of benzene rings is 1. The molecule has 4 nitrogen and oxygen atoms in total. The molecule has 0 amide bonds. The zero-order valence-corrected chi connectivity index (χ0v) is 16.8. The van der Waals surface area contributed by atoms with E-state index in [0.29, 0.717) is 0 Å². The van der Waals surface area contributed by atoms with Gasteiger partial charge in [-0.15, -0.1) is 11.3 Å². The van der Waals surface area contributed by atoms with Gasteiger partial charge >= 0.3 is 0 Å². The van der Waals surface area contributed by atoms with Crippen molar-refractivity contribution < 1.29 is 5.11 Å². The van der Waals surface area contributed by atoms with Crippen LogP contribution in [0.2, 0.25) is 0 Å². The number of nitrogens with zero attached hydrogens (tertiary/aromatic N) is 3. The highest BCUT2D eigenvalue weighted by molar-refractivity contribution is 7.19. The summed E-state index contributed by atoms with van der Waals surface area (Å²) in [5, 5.41) is 11.2. The van der Waals surface area contributed by atoms with Crippen molar-refractivity contribution in [2.24, 2.45) is 0 Å². The third-order valence-corrected chi connectivity index (χ3v) is 6.99. The van der Waals surface area contributed by atoms with Crippen molar-refractivity contribution in [1.29, 1.82) is 0 Å². The molecule has 0 radical (unpaired) electrons. The Morgan fingerprint density at radius 2 is 1.79 bits per heavy atom. The Labute approximate surface area is 169 Å². The smallest absolute Gasteiger partial charge is 0.155 e. The fraction of sp³-hybridized carbons (Fsp3) is 0.391. The SMILES string of the molecule is OC1CCN(c2nc(/C=C/c3ccccc3)nc3sc4c(c23)CCCC4)CC1. The van der Waals surface area contributed by atoms with Crippen LogP contribution < -0.4 is 4.90 Å². The van der Waals surface area contributed by atoms with Gasteiger partial charge in [0.2, 0.25) is 0 Å². The van der Waals surface area contributed by atoms with Crippen molar-refractivity contribution in [2.45, 2.75) is 44.6 Å². The molecule has 1 fully saturated rings. The quantitative estimate of drug-likeness (QED) is 0.703. The first-order valence-electron chi connectivity index (χ1n) is 10.3. The van der Waals surface area contributed by atoms with Crippen LogP contribution in [-0.2, 0) is 12.8 Å². The minimum atomic E-state index is -0.178. The lowest BCUT2D eigenvalue weighted by molar-refractivity contribution is 0.145. The topological polar surface area (TPSA) is 49.2 Å². The minimum Gasteiger partial charge on any atom is -0.393 e. The van der Waals surface area contributed by atoms with Crippen LogP contribution in [-0.4, -0.2) is 34.3 Å². The molecule has 144 valence electrons. The van der Waals surface area contributed by atoms with Gasteiger partial charge in [0.05, 0.1) is 11.5 Å². The van der Waals surface area contributed by atoms with Crippen LogP contribution in [0.15, 0.2) is 30.3 Å². The van der Waals surface area contributed by atoms with Crippen LogP contribution in [0.1, 0.15) is 47.5 Å². The predicted molar refractivity (Wildman–Crippen MR) is 117 cm³/mol. The van der Waals surface area contributed by atoms with Crippen LogP contribution >= 0.6 is 11.3 Å². The number of aryl methyl sites for hydroxylation is 2. The summed E-state index contributed by atoms with van der Waals surface area (Å²) in [7, 11) is 0. The lowest BCUT2D eigenvalue weighted by Gasteiger charge is -2.31. The first-order valence-corrected chi connectivity index (χ1v) is 11.1. The Morgan fingerprint density at radius 1 is 1.00 bits per heavy atom. The van der Waals surface area contributed by atoms with Crippen LogP contribution in [0.5, 0.6) is 0 Å². The molecule has 0 saturated carbocycles. The van der Waals surface area contributed by atoms with Crippen molar-refractivity contribution in [3.63, 3.8) is 0 Å². The largest absolute Gasteiger partial charge is 0.393 e. The molecule has 2 aromatic heterocycles. The highest BCUT2D eigenvalue weighted by atomic mass is 32.1. The van der Waals surface area contributed by atoms with Crippen LogP contribution in [0.4, 0.5) is 5.82 Å². The number of anilines is 1. The van der Waals surface area contributed by atoms with Gasteiger partial charge in [-0.25, -0.2) is 9.97 Å². The Hall–Kier alpha value is -2.24. The Kier molecular flexibility index (Phi) is 4.87. The summed E-state index contributed by atoms with van der Waals surface area (Å²) in [6.45, 7) is 1.72. The summed E-state index contributed by atoms with van der Waals surface area (Å²) in [5.74, 6) is 1.85. The zero-order chi connectivity index (χ0) is 18.9. The van der Waals surface area contributed by atoms with Gasteiger partial charge < -0.3 is 10.0 Å². The summed E-state index contributed by atoms with van der Waals surface area (Å²) in [6.07, 6.45) is 10.4. The fourth-order valence-corrected chi connectivity index (χ4v) is 5.53. The minimum absolute atomic E-state index is 0.178.